The summed E-state index contributed by atoms with van der Waals surface area (Å²) in [6.45, 7) is 5.30. The first-order chi connectivity index (χ1) is 14.1. The lowest BCUT2D eigenvalue weighted by Gasteiger charge is -2.33. The van der Waals surface area contributed by atoms with Gasteiger partial charge < -0.3 is 9.47 Å². The van der Waals surface area contributed by atoms with Gasteiger partial charge in [0.15, 0.2) is 5.03 Å². The third kappa shape index (κ3) is 4.82. The number of benzene rings is 1. The monoisotopic (exact) mass is 472 g/mol. The van der Waals surface area contributed by atoms with Gasteiger partial charge >= 0.3 is 0 Å². The van der Waals surface area contributed by atoms with Crippen LogP contribution in [0.5, 0.6) is 0 Å². The molecule has 1 aromatic heterocycles. The molecule has 2 aromatic rings. The molecular formula is C20H26Cl2N4O3S. The van der Waals surface area contributed by atoms with Crippen LogP contribution in [-0.2, 0) is 28.4 Å². The van der Waals surface area contributed by atoms with Crippen LogP contribution >= 0.6 is 23.2 Å². The smallest absolute Gasteiger partial charge is 0.262 e. The van der Waals surface area contributed by atoms with E-state index >= 15 is 0 Å². The van der Waals surface area contributed by atoms with E-state index in [0.29, 0.717) is 54.9 Å². The number of piperidine rings is 1. The largest absolute Gasteiger partial charge is 0.338 e. The van der Waals surface area contributed by atoms with E-state index in [9.17, 15) is 13.2 Å². The lowest BCUT2D eigenvalue weighted by Crippen LogP contribution is -2.44. The molecule has 10 heteroatoms. The van der Waals surface area contributed by atoms with Gasteiger partial charge in [0.2, 0.25) is 5.91 Å². The molecular weight excluding hydrogens is 447 g/mol. The minimum Gasteiger partial charge on any atom is -0.338 e. The molecule has 30 heavy (non-hydrogen) atoms. The van der Waals surface area contributed by atoms with Crippen molar-refractivity contribution in [1.29, 1.82) is 0 Å². The Morgan fingerprint density at radius 1 is 1.23 bits per heavy atom. The van der Waals surface area contributed by atoms with Crippen molar-refractivity contribution >= 4 is 39.1 Å². The summed E-state index contributed by atoms with van der Waals surface area (Å²) in [5.41, 5.74) is 0.908. The molecule has 1 aromatic carbocycles. The molecule has 1 aliphatic heterocycles. The Morgan fingerprint density at radius 3 is 2.43 bits per heavy atom. The Balaban J connectivity index is 1.64. The highest BCUT2D eigenvalue weighted by atomic mass is 35.5. The molecule has 2 heterocycles. The number of hydrogen-bond donors (Lipinski definition) is 0. The molecule has 0 N–H and O–H groups in total. The molecule has 0 unspecified atom stereocenters. The van der Waals surface area contributed by atoms with Crippen molar-refractivity contribution in [2.75, 3.05) is 19.6 Å². The van der Waals surface area contributed by atoms with E-state index in [1.54, 1.807) is 35.6 Å². The van der Waals surface area contributed by atoms with Crippen LogP contribution in [-0.4, -0.2) is 52.7 Å². The number of amides is 1. The van der Waals surface area contributed by atoms with E-state index in [-0.39, 0.29) is 16.9 Å². The number of carbonyl (C=O) groups is 1. The quantitative estimate of drug-likeness (QED) is 0.644. The second-order valence-electron chi connectivity index (χ2n) is 7.52. The first-order valence-electron chi connectivity index (χ1n) is 9.86. The van der Waals surface area contributed by atoms with Crippen LogP contribution in [0.1, 0.15) is 31.2 Å². The molecule has 0 atom stereocenters. The van der Waals surface area contributed by atoms with Gasteiger partial charge in [0.1, 0.15) is 5.82 Å². The molecule has 0 aliphatic carbocycles. The second-order valence-corrected chi connectivity index (χ2v) is 10.2. The lowest BCUT2D eigenvalue weighted by atomic mass is 9.96. The van der Waals surface area contributed by atoms with Crippen molar-refractivity contribution in [2.45, 2.75) is 38.3 Å². The van der Waals surface area contributed by atoms with E-state index < -0.39 is 10.0 Å². The topological polar surface area (TPSA) is 75.5 Å². The molecule has 1 aliphatic rings. The third-order valence-electron chi connectivity index (χ3n) is 5.54. The SMILES string of the molecule is CCN(Cc1ccc(Cl)c(Cl)c1)C(=O)C1CCN(S(=O)(=O)c2cn(C)c(C)n2)CC1. The van der Waals surface area contributed by atoms with Crippen LogP contribution in [0.15, 0.2) is 29.4 Å². The lowest BCUT2D eigenvalue weighted by molar-refractivity contribution is -0.137. The fraction of sp³-hybridized carbons (Fsp3) is 0.500. The molecule has 0 saturated carbocycles. The van der Waals surface area contributed by atoms with E-state index in [1.807, 2.05) is 13.0 Å². The summed E-state index contributed by atoms with van der Waals surface area (Å²) in [5.74, 6) is 0.471. The summed E-state index contributed by atoms with van der Waals surface area (Å²) in [4.78, 5) is 19.0. The third-order valence-corrected chi connectivity index (χ3v) is 8.05. The van der Waals surface area contributed by atoms with Gasteiger partial charge in [0, 0.05) is 45.3 Å². The summed E-state index contributed by atoms with van der Waals surface area (Å²) in [5, 5.41) is 0.995. The van der Waals surface area contributed by atoms with E-state index in [2.05, 4.69) is 4.98 Å². The summed E-state index contributed by atoms with van der Waals surface area (Å²) in [7, 11) is -1.88. The minimum absolute atomic E-state index is 0.0364. The molecule has 1 saturated heterocycles. The maximum Gasteiger partial charge on any atom is 0.262 e. The van der Waals surface area contributed by atoms with Crippen LogP contribution in [0.25, 0.3) is 0 Å². The van der Waals surface area contributed by atoms with Crippen LogP contribution in [0, 0.1) is 12.8 Å². The molecule has 7 nitrogen and oxygen atoms in total. The van der Waals surface area contributed by atoms with Crippen molar-refractivity contribution in [2.24, 2.45) is 13.0 Å². The van der Waals surface area contributed by atoms with Gasteiger partial charge in [0.25, 0.3) is 10.0 Å². The molecule has 1 amide bonds. The number of hydrogen-bond acceptors (Lipinski definition) is 4. The van der Waals surface area contributed by atoms with Crippen LogP contribution in [0.4, 0.5) is 0 Å². The van der Waals surface area contributed by atoms with Crippen LogP contribution in [0.3, 0.4) is 0 Å². The number of nitrogens with zero attached hydrogens (tertiary/aromatic N) is 4. The van der Waals surface area contributed by atoms with E-state index in [1.165, 1.54) is 10.5 Å². The Morgan fingerprint density at radius 2 is 1.90 bits per heavy atom. The van der Waals surface area contributed by atoms with Gasteiger partial charge in [0.05, 0.1) is 10.0 Å². The average Bonchev–Trinajstić information content (AvgIpc) is 3.07. The average molecular weight is 473 g/mol. The number of aryl methyl sites for hydroxylation is 2. The zero-order valence-corrected chi connectivity index (χ0v) is 19.6. The van der Waals surface area contributed by atoms with Gasteiger partial charge in [-0.25, -0.2) is 13.4 Å². The molecule has 1 fully saturated rings. The molecule has 3 rings (SSSR count). The molecule has 0 spiro atoms. The van der Waals surface area contributed by atoms with Gasteiger partial charge in [-0.05, 0) is 44.4 Å². The first kappa shape index (κ1) is 23.1. The van der Waals surface area contributed by atoms with Crippen molar-refractivity contribution < 1.29 is 13.2 Å². The zero-order valence-electron chi connectivity index (χ0n) is 17.3. The standard InChI is InChI=1S/C20H26Cl2N4O3S/c1-4-25(12-15-5-6-17(21)18(22)11-15)20(27)16-7-9-26(10-8-16)30(28,29)19-13-24(3)14(2)23-19/h5-6,11,13,16H,4,7-10,12H2,1-3H3. The number of imidazole rings is 1. The highest BCUT2D eigenvalue weighted by Crippen LogP contribution is 2.27. The molecule has 164 valence electrons. The Bertz CT molecular complexity index is 1010. The van der Waals surface area contributed by atoms with Crippen molar-refractivity contribution in [3.8, 4) is 0 Å². The molecule has 0 bridgehead atoms. The van der Waals surface area contributed by atoms with Gasteiger partial charge in [-0.2, -0.15) is 4.31 Å². The van der Waals surface area contributed by atoms with Crippen LogP contribution < -0.4 is 0 Å². The Kier molecular flexibility index (Phi) is 7.12. The summed E-state index contributed by atoms with van der Waals surface area (Å²) >= 11 is 12.1. The van der Waals surface area contributed by atoms with Gasteiger partial charge in [-0.1, -0.05) is 29.3 Å². The van der Waals surface area contributed by atoms with E-state index in [0.717, 1.165) is 5.56 Å². The number of carbonyl (C=O) groups excluding carboxylic acids is 1. The summed E-state index contributed by atoms with van der Waals surface area (Å²) in [6.07, 6.45) is 2.50. The number of halogens is 2. The summed E-state index contributed by atoms with van der Waals surface area (Å²) < 4.78 is 28.8. The summed E-state index contributed by atoms with van der Waals surface area (Å²) in [6, 6.07) is 5.35. The first-order valence-corrected chi connectivity index (χ1v) is 12.1. The Hall–Kier alpha value is -1.61. The predicted molar refractivity (Wildman–Crippen MR) is 117 cm³/mol. The fourth-order valence-electron chi connectivity index (χ4n) is 3.59. The maximum absolute atomic E-state index is 13.0. The minimum atomic E-state index is -3.65. The van der Waals surface area contributed by atoms with Crippen molar-refractivity contribution in [3.63, 3.8) is 0 Å². The highest BCUT2D eigenvalue weighted by Gasteiger charge is 2.34. The predicted octanol–water partition coefficient (Wildman–Crippen LogP) is 3.48. The normalized spacial score (nSPS) is 16.0. The number of rotatable bonds is 6. The van der Waals surface area contributed by atoms with Crippen molar-refractivity contribution in [1.82, 2.24) is 18.8 Å². The van der Waals surface area contributed by atoms with Gasteiger partial charge in [-0.3, -0.25) is 4.79 Å². The fourth-order valence-corrected chi connectivity index (χ4v) is 5.40. The molecule has 0 radical (unpaired) electrons. The van der Waals surface area contributed by atoms with Crippen LogP contribution in [0.2, 0.25) is 10.0 Å². The highest BCUT2D eigenvalue weighted by molar-refractivity contribution is 7.89. The number of sulfonamides is 1. The van der Waals surface area contributed by atoms with Crippen molar-refractivity contribution in [3.05, 3.63) is 45.8 Å². The maximum atomic E-state index is 13.0. The Labute approximate surface area is 187 Å². The van der Waals surface area contributed by atoms with E-state index in [4.69, 9.17) is 23.2 Å². The van der Waals surface area contributed by atoms with Gasteiger partial charge in [-0.15, -0.1) is 0 Å². The second kappa shape index (κ2) is 9.26. The zero-order chi connectivity index (χ0) is 22.1. The number of aromatic nitrogens is 2.